The zero-order valence-electron chi connectivity index (χ0n) is 14.0. The molecule has 0 aliphatic rings. The number of sulfonamides is 1. The molecule has 126 valence electrons. The summed E-state index contributed by atoms with van der Waals surface area (Å²) < 4.78 is 29.2. The van der Waals surface area contributed by atoms with Gasteiger partial charge in [-0.25, -0.2) is 13.1 Å². The Balaban J connectivity index is 2.11. The smallest absolute Gasteiger partial charge is 0.240 e. The van der Waals surface area contributed by atoms with Gasteiger partial charge in [0, 0.05) is 6.04 Å². The van der Waals surface area contributed by atoms with Crippen LogP contribution in [-0.4, -0.2) is 23.2 Å². The lowest BCUT2D eigenvalue weighted by Crippen LogP contribution is -2.25. The first kappa shape index (κ1) is 17.6. The third-order valence-corrected chi connectivity index (χ3v) is 5.41. The van der Waals surface area contributed by atoms with Crippen LogP contribution in [-0.2, 0) is 16.6 Å². The van der Waals surface area contributed by atoms with Crippen LogP contribution in [0.3, 0.4) is 0 Å². The molecule has 0 radical (unpaired) electrons. The number of aromatic nitrogens is 3. The van der Waals surface area contributed by atoms with Gasteiger partial charge in [0.25, 0.3) is 0 Å². The van der Waals surface area contributed by atoms with Gasteiger partial charge in [-0.2, -0.15) is 0 Å². The quantitative estimate of drug-likeness (QED) is 0.843. The van der Waals surface area contributed by atoms with E-state index in [4.69, 9.17) is 0 Å². The van der Waals surface area contributed by atoms with E-state index in [2.05, 4.69) is 28.8 Å². The van der Waals surface area contributed by atoms with Gasteiger partial charge in [-0.3, -0.25) is 0 Å². The average molecular weight is 336 g/mol. The van der Waals surface area contributed by atoms with E-state index in [-0.39, 0.29) is 17.5 Å². The fraction of sp³-hybridized carbons (Fsp3) is 0.500. The van der Waals surface area contributed by atoms with Gasteiger partial charge in [-0.15, -0.1) is 10.2 Å². The monoisotopic (exact) mass is 336 g/mol. The molecule has 2 rings (SSSR count). The van der Waals surface area contributed by atoms with Gasteiger partial charge in [0.15, 0.2) is 0 Å². The van der Waals surface area contributed by atoms with E-state index in [1.165, 1.54) is 0 Å². The zero-order chi connectivity index (χ0) is 17.0. The Labute approximate surface area is 138 Å². The summed E-state index contributed by atoms with van der Waals surface area (Å²) in [6, 6.07) is 7.23. The lowest BCUT2D eigenvalue weighted by Gasteiger charge is -2.12. The van der Waals surface area contributed by atoms with Crippen LogP contribution in [0.1, 0.15) is 57.5 Å². The lowest BCUT2D eigenvalue weighted by molar-refractivity contribution is 0.549. The highest BCUT2D eigenvalue weighted by Crippen LogP contribution is 2.20. The Morgan fingerprint density at radius 3 is 2.39 bits per heavy atom. The second-order valence-electron chi connectivity index (χ2n) is 5.95. The molecule has 1 heterocycles. The zero-order valence-corrected chi connectivity index (χ0v) is 14.8. The first-order valence-electron chi connectivity index (χ1n) is 7.83. The van der Waals surface area contributed by atoms with Gasteiger partial charge in [-0.1, -0.05) is 26.0 Å². The fourth-order valence-corrected chi connectivity index (χ4v) is 3.26. The Morgan fingerprint density at radius 1 is 1.17 bits per heavy atom. The van der Waals surface area contributed by atoms with E-state index in [1.54, 1.807) is 18.5 Å². The summed E-state index contributed by atoms with van der Waals surface area (Å²) >= 11 is 0. The van der Waals surface area contributed by atoms with Crippen LogP contribution in [0.2, 0.25) is 0 Å². The molecule has 0 unspecified atom stereocenters. The van der Waals surface area contributed by atoms with Crippen molar-refractivity contribution in [3.05, 3.63) is 42.0 Å². The van der Waals surface area contributed by atoms with Gasteiger partial charge >= 0.3 is 0 Å². The Bertz CT molecular complexity index is 736. The number of hydrogen-bond acceptors (Lipinski definition) is 4. The summed E-state index contributed by atoms with van der Waals surface area (Å²) in [5.41, 5.74) is 1.14. The summed E-state index contributed by atoms with van der Waals surface area (Å²) in [4.78, 5) is 0.264. The summed E-state index contributed by atoms with van der Waals surface area (Å²) in [5.74, 6) is 1.02. The summed E-state index contributed by atoms with van der Waals surface area (Å²) in [7, 11) is -3.56. The van der Waals surface area contributed by atoms with E-state index in [0.29, 0.717) is 11.7 Å². The Hall–Kier alpha value is -1.73. The lowest BCUT2D eigenvalue weighted by atomic mass is 9.99. The average Bonchev–Trinajstić information content (AvgIpc) is 3.01. The highest BCUT2D eigenvalue weighted by Gasteiger charge is 2.16. The van der Waals surface area contributed by atoms with Crippen molar-refractivity contribution in [1.82, 2.24) is 19.5 Å². The molecule has 23 heavy (non-hydrogen) atoms. The first-order chi connectivity index (χ1) is 10.8. The molecule has 0 bridgehead atoms. The van der Waals surface area contributed by atoms with Crippen LogP contribution >= 0.6 is 0 Å². The molecular formula is C16H24N4O2S. The van der Waals surface area contributed by atoms with E-state index < -0.39 is 10.0 Å². The van der Waals surface area contributed by atoms with Crippen molar-refractivity contribution in [3.63, 3.8) is 0 Å². The molecule has 0 amide bonds. The standard InChI is InChI=1S/C16H24N4O2S/c1-5-13(4)14-6-8-15(9-7-14)23(21,22)18-10-16-19-17-11-20(16)12(2)3/h6-9,11-13,18H,5,10H2,1-4H3/t13-/m0/s1. The van der Waals surface area contributed by atoms with Crippen molar-refractivity contribution in [2.24, 2.45) is 0 Å². The van der Waals surface area contributed by atoms with Crippen LogP contribution in [0, 0.1) is 0 Å². The predicted molar refractivity (Wildman–Crippen MR) is 89.6 cm³/mol. The van der Waals surface area contributed by atoms with Crippen LogP contribution in [0.4, 0.5) is 0 Å². The fourth-order valence-electron chi connectivity index (χ4n) is 2.28. The molecule has 7 heteroatoms. The molecule has 1 atom stereocenters. The minimum atomic E-state index is -3.56. The topological polar surface area (TPSA) is 76.9 Å². The Kier molecular flexibility index (Phi) is 5.54. The van der Waals surface area contributed by atoms with Crippen molar-refractivity contribution < 1.29 is 8.42 Å². The molecule has 0 saturated heterocycles. The van der Waals surface area contributed by atoms with Gasteiger partial charge in [-0.05, 0) is 43.9 Å². The number of nitrogens with one attached hydrogen (secondary N) is 1. The second kappa shape index (κ2) is 7.23. The minimum absolute atomic E-state index is 0.119. The third kappa shape index (κ3) is 4.17. The second-order valence-corrected chi connectivity index (χ2v) is 7.72. The molecule has 0 aliphatic heterocycles. The Morgan fingerprint density at radius 2 is 1.83 bits per heavy atom. The summed E-state index contributed by atoms with van der Waals surface area (Å²) in [5, 5.41) is 7.80. The highest BCUT2D eigenvalue weighted by molar-refractivity contribution is 7.89. The molecule has 6 nitrogen and oxygen atoms in total. The van der Waals surface area contributed by atoms with Crippen LogP contribution in [0.5, 0.6) is 0 Å². The molecule has 0 aliphatic carbocycles. The van der Waals surface area contributed by atoms with Crippen molar-refractivity contribution in [2.45, 2.75) is 57.5 Å². The molecule has 1 N–H and O–H groups in total. The molecule has 0 fully saturated rings. The normalized spacial score (nSPS) is 13.4. The maximum absolute atomic E-state index is 12.4. The maximum atomic E-state index is 12.4. The van der Waals surface area contributed by atoms with Gasteiger partial charge in [0.1, 0.15) is 12.2 Å². The van der Waals surface area contributed by atoms with E-state index in [0.717, 1.165) is 12.0 Å². The number of benzene rings is 1. The molecule has 1 aromatic heterocycles. The number of hydrogen-bond donors (Lipinski definition) is 1. The van der Waals surface area contributed by atoms with E-state index in [9.17, 15) is 8.42 Å². The summed E-state index contributed by atoms with van der Waals surface area (Å²) in [6.07, 6.45) is 2.63. The van der Waals surface area contributed by atoms with Crippen molar-refractivity contribution in [1.29, 1.82) is 0 Å². The predicted octanol–water partition coefficient (Wildman–Crippen LogP) is 2.85. The van der Waals surface area contributed by atoms with Crippen LogP contribution < -0.4 is 4.72 Å². The summed E-state index contributed by atoms with van der Waals surface area (Å²) in [6.45, 7) is 8.35. The molecule has 2 aromatic rings. The molecular weight excluding hydrogens is 312 g/mol. The van der Waals surface area contributed by atoms with Gasteiger partial charge < -0.3 is 4.57 Å². The molecule has 1 aromatic carbocycles. The third-order valence-electron chi connectivity index (χ3n) is 4.00. The van der Waals surface area contributed by atoms with Crippen molar-refractivity contribution >= 4 is 10.0 Å². The minimum Gasteiger partial charge on any atom is -0.314 e. The van der Waals surface area contributed by atoms with E-state index in [1.807, 2.05) is 30.5 Å². The van der Waals surface area contributed by atoms with Crippen LogP contribution in [0.15, 0.2) is 35.5 Å². The van der Waals surface area contributed by atoms with E-state index >= 15 is 0 Å². The van der Waals surface area contributed by atoms with Crippen molar-refractivity contribution in [3.8, 4) is 0 Å². The molecule has 0 spiro atoms. The molecule has 0 saturated carbocycles. The van der Waals surface area contributed by atoms with Crippen LogP contribution in [0.25, 0.3) is 0 Å². The van der Waals surface area contributed by atoms with Gasteiger partial charge in [0.05, 0.1) is 11.4 Å². The highest BCUT2D eigenvalue weighted by atomic mass is 32.2. The van der Waals surface area contributed by atoms with Crippen molar-refractivity contribution in [2.75, 3.05) is 0 Å². The number of nitrogens with zero attached hydrogens (tertiary/aromatic N) is 3. The largest absolute Gasteiger partial charge is 0.314 e. The number of rotatable bonds is 7. The van der Waals surface area contributed by atoms with Gasteiger partial charge in [0.2, 0.25) is 10.0 Å². The first-order valence-corrected chi connectivity index (χ1v) is 9.31. The SMILES string of the molecule is CC[C@H](C)c1ccc(S(=O)(=O)NCc2nncn2C(C)C)cc1. The maximum Gasteiger partial charge on any atom is 0.240 e.